The summed E-state index contributed by atoms with van der Waals surface area (Å²) < 4.78 is 1.40. The van der Waals surface area contributed by atoms with Crippen LogP contribution >= 0.6 is 27.3 Å². The molecule has 1 aromatic rings. The summed E-state index contributed by atoms with van der Waals surface area (Å²) in [4.78, 5) is 0. The van der Waals surface area contributed by atoms with Gasteiger partial charge in [0.2, 0.25) is 0 Å². The highest BCUT2D eigenvalue weighted by atomic mass is 79.9. The van der Waals surface area contributed by atoms with Crippen molar-refractivity contribution in [2.75, 3.05) is 0 Å². The Morgan fingerprint density at radius 3 is 1.54 bits per heavy atom. The van der Waals surface area contributed by atoms with Gasteiger partial charge in [0.1, 0.15) is 0 Å². The topological polar surface area (TPSA) is 0 Å². The minimum absolute atomic E-state index is 1.28. The molecule has 0 aliphatic heterocycles. The van der Waals surface area contributed by atoms with Crippen LogP contribution in [0.15, 0.2) is 9.17 Å². The maximum Gasteiger partial charge on any atom is 0.0733 e. The fourth-order valence-corrected chi connectivity index (χ4v) is 5.36. The second-order valence-corrected chi connectivity index (χ2v) is 10.2. The summed E-state index contributed by atoms with van der Waals surface area (Å²) in [6.07, 6.45) is 25.2. The number of aryl methyl sites for hydroxylation is 1. The average Bonchev–Trinajstić information content (AvgIpc) is 2.99. The van der Waals surface area contributed by atoms with Crippen LogP contribution in [0.3, 0.4) is 0 Å². The Morgan fingerprint density at radius 2 is 1.04 bits per heavy atom. The molecule has 1 rings (SSSR count). The van der Waals surface area contributed by atoms with Gasteiger partial charge >= 0.3 is 0 Å². The molecular formula is C24H43BrS. The van der Waals surface area contributed by atoms with Gasteiger partial charge in [0.25, 0.3) is 0 Å². The van der Waals surface area contributed by atoms with Gasteiger partial charge < -0.3 is 0 Å². The minimum Gasteiger partial charge on any atom is -0.136 e. The Hall–Kier alpha value is 0.180. The Balaban J connectivity index is 2.10. The highest BCUT2D eigenvalue weighted by molar-refractivity contribution is 9.11. The van der Waals surface area contributed by atoms with Crippen molar-refractivity contribution in [1.29, 1.82) is 0 Å². The molecule has 0 amide bonds. The summed E-state index contributed by atoms with van der Waals surface area (Å²) in [5, 5.41) is 2.41. The summed E-state index contributed by atoms with van der Waals surface area (Å²) in [7, 11) is 0. The van der Waals surface area contributed by atoms with E-state index in [1.54, 1.807) is 11.1 Å². The molecule has 0 saturated carbocycles. The Bertz CT molecular complexity index is 424. The maximum absolute atomic E-state index is 3.80. The Morgan fingerprint density at radius 1 is 0.615 bits per heavy atom. The summed E-state index contributed by atoms with van der Waals surface area (Å²) >= 11 is 5.71. The predicted octanol–water partition coefficient (Wildman–Crippen LogP) is 9.88. The third kappa shape index (κ3) is 11.8. The standard InChI is InChI=1S/C24H43BrS/c1-3-5-7-9-11-13-15-17-19-22-21-26-24(25)23(22)20-18-16-14-12-10-8-6-4-2/h21H,3-20H2,1-2H3. The van der Waals surface area contributed by atoms with E-state index in [2.05, 4.69) is 35.2 Å². The van der Waals surface area contributed by atoms with Crippen molar-refractivity contribution >= 4 is 27.3 Å². The number of halogens is 1. The number of rotatable bonds is 18. The van der Waals surface area contributed by atoms with E-state index in [4.69, 9.17) is 0 Å². The minimum atomic E-state index is 1.28. The summed E-state index contributed by atoms with van der Waals surface area (Å²) in [6, 6.07) is 0. The van der Waals surface area contributed by atoms with Crippen LogP contribution in [0.25, 0.3) is 0 Å². The molecule has 1 aromatic heterocycles. The van der Waals surface area contributed by atoms with Crippen molar-refractivity contribution in [3.8, 4) is 0 Å². The highest BCUT2D eigenvalue weighted by Crippen LogP contribution is 2.31. The zero-order chi connectivity index (χ0) is 18.9. The molecule has 0 unspecified atom stereocenters. The first kappa shape index (κ1) is 24.2. The Labute approximate surface area is 176 Å². The molecule has 0 aromatic carbocycles. The van der Waals surface area contributed by atoms with E-state index in [9.17, 15) is 0 Å². The van der Waals surface area contributed by atoms with Crippen molar-refractivity contribution < 1.29 is 0 Å². The van der Waals surface area contributed by atoms with Gasteiger partial charge in [-0.2, -0.15) is 0 Å². The van der Waals surface area contributed by atoms with Crippen LogP contribution in [-0.2, 0) is 12.8 Å². The largest absolute Gasteiger partial charge is 0.136 e. The first-order valence-electron chi connectivity index (χ1n) is 11.5. The molecule has 0 aliphatic carbocycles. The smallest absolute Gasteiger partial charge is 0.0733 e. The lowest BCUT2D eigenvalue weighted by Gasteiger charge is -2.06. The number of unbranched alkanes of at least 4 members (excludes halogenated alkanes) is 14. The molecule has 0 N–H and O–H groups in total. The van der Waals surface area contributed by atoms with Crippen LogP contribution in [0.5, 0.6) is 0 Å². The van der Waals surface area contributed by atoms with Gasteiger partial charge in [-0.15, -0.1) is 11.3 Å². The van der Waals surface area contributed by atoms with Crippen LogP contribution in [0, 0.1) is 0 Å². The SMILES string of the molecule is CCCCCCCCCCc1csc(Br)c1CCCCCCCCCC. The van der Waals surface area contributed by atoms with E-state index < -0.39 is 0 Å². The molecule has 0 spiro atoms. The molecule has 0 bridgehead atoms. The van der Waals surface area contributed by atoms with Gasteiger partial charge in [-0.05, 0) is 58.1 Å². The monoisotopic (exact) mass is 442 g/mol. The molecular weight excluding hydrogens is 400 g/mol. The first-order valence-corrected chi connectivity index (χ1v) is 13.2. The van der Waals surface area contributed by atoms with Crippen molar-refractivity contribution in [3.05, 3.63) is 20.3 Å². The molecule has 0 aliphatic rings. The molecule has 1 heterocycles. The number of thiophene rings is 1. The lowest BCUT2D eigenvalue weighted by molar-refractivity contribution is 0.571. The zero-order valence-electron chi connectivity index (χ0n) is 17.6. The third-order valence-electron chi connectivity index (χ3n) is 5.51. The number of hydrogen-bond acceptors (Lipinski definition) is 1. The van der Waals surface area contributed by atoms with Crippen molar-refractivity contribution in [3.63, 3.8) is 0 Å². The van der Waals surface area contributed by atoms with Crippen LogP contribution in [0.4, 0.5) is 0 Å². The van der Waals surface area contributed by atoms with Crippen LogP contribution < -0.4 is 0 Å². The van der Waals surface area contributed by atoms with Crippen LogP contribution in [0.1, 0.15) is 128 Å². The highest BCUT2D eigenvalue weighted by Gasteiger charge is 2.09. The molecule has 2 heteroatoms. The molecule has 26 heavy (non-hydrogen) atoms. The quantitative estimate of drug-likeness (QED) is 0.198. The summed E-state index contributed by atoms with van der Waals surface area (Å²) in [6.45, 7) is 4.59. The van der Waals surface area contributed by atoms with E-state index in [0.717, 1.165) is 0 Å². The molecule has 0 radical (unpaired) electrons. The molecule has 0 saturated heterocycles. The van der Waals surface area contributed by atoms with Crippen molar-refractivity contribution in [2.24, 2.45) is 0 Å². The van der Waals surface area contributed by atoms with Gasteiger partial charge in [-0.25, -0.2) is 0 Å². The van der Waals surface area contributed by atoms with Crippen LogP contribution in [0.2, 0.25) is 0 Å². The molecule has 0 atom stereocenters. The van der Waals surface area contributed by atoms with Gasteiger partial charge in [-0.3, -0.25) is 0 Å². The van der Waals surface area contributed by atoms with E-state index in [0.29, 0.717) is 0 Å². The summed E-state index contributed by atoms with van der Waals surface area (Å²) in [5.41, 5.74) is 3.26. The summed E-state index contributed by atoms with van der Waals surface area (Å²) in [5.74, 6) is 0. The zero-order valence-corrected chi connectivity index (χ0v) is 20.0. The van der Waals surface area contributed by atoms with E-state index in [1.165, 1.54) is 119 Å². The van der Waals surface area contributed by atoms with Crippen molar-refractivity contribution in [1.82, 2.24) is 0 Å². The van der Waals surface area contributed by atoms with Gasteiger partial charge in [0.15, 0.2) is 0 Å². The van der Waals surface area contributed by atoms with Crippen molar-refractivity contribution in [2.45, 2.75) is 129 Å². The number of hydrogen-bond donors (Lipinski definition) is 0. The third-order valence-corrected chi connectivity index (χ3v) is 7.40. The van der Waals surface area contributed by atoms with Gasteiger partial charge in [0, 0.05) is 0 Å². The van der Waals surface area contributed by atoms with Gasteiger partial charge in [-0.1, -0.05) is 104 Å². The second kappa shape index (κ2) is 17.3. The maximum atomic E-state index is 3.80. The lowest BCUT2D eigenvalue weighted by Crippen LogP contribution is -1.93. The van der Waals surface area contributed by atoms with E-state index >= 15 is 0 Å². The molecule has 0 nitrogen and oxygen atoms in total. The van der Waals surface area contributed by atoms with Crippen LogP contribution in [-0.4, -0.2) is 0 Å². The fourth-order valence-electron chi connectivity index (χ4n) is 3.74. The normalized spacial score (nSPS) is 11.3. The van der Waals surface area contributed by atoms with E-state index in [-0.39, 0.29) is 0 Å². The molecule has 0 fully saturated rings. The Kier molecular flexibility index (Phi) is 16.1. The fraction of sp³-hybridized carbons (Fsp3) is 0.833. The second-order valence-electron chi connectivity index (χ2n) is 7.96. The van der Waals surface area contributed by atoms with Gasteiger partial charge in [0.05, 0.1) is 3.79 Å². The average molecular weight is 444 g/mol. The first-order chi connectivity index (χ1) is 12.8. The molecule has 152 valence electrons. The lowest BCUT2D eigenvalue weighted by atomic mass is 10.00. The predicted molar refractivity (Wildman–Crippen MR) is 125 cm³/mol. The van der Waals surface area contributed by atoms with E-state index in [1.807, 2.05) is 11.3 Å².